The number of benzene rings is 4. The molecule has 0 N–H and O–H groups in total. The largest absolute Gasteiger partial charge is 0.294 e. The molecule has 0 saturated heterocycles. The maximum Gasteiger partial charge on any atom is 0.223 e. The average Bonchev–Trinajstić information content (AvgIpc) is 3.60. The summed E-state index contributed by atoms with van der Waals surface area (Å²) in [6.45, 7) is 0. The molecule has 0 aliphatic rings. The Kier molecular flexibility index (Phi) is 4.16. The van der Waals surface area contributed by atoms with Crippen LogP contribution in [0.25, 0.3) is 61.5 Å². The molecule has 5 nitrogen and oxygen atoms in total. The fourth-order valence-corrected chi connectivity index (χ4v) is 5.48. The monoisotopic (exact) mass is 475 g/mol. The highest BCUT2D eigenvalue weighted by atomic mass is 15.3. The number of imidazole rings is 2. The van der Waals surface area contributed by atoms with Crippen LogP contribution in [0, 0.1) is 0 Å². The maximum atomic E-state index is 5.25. The van der Waals surface area contributed by atoms with E-state index >= 15 is 0 Å². The summed E-state index contributed by atoms with van der Waals surface area (Å²) in [5, 5.41) is 1.13. The normalized spacial score (nSPS) is 11.8. The van der Waals surface area contributed by atoms with Gasteiger partial charge in [-0.2, -0.15) is 0 Å². The first-order valence-corrected chi connectivity index (χ1v) is 12.4. The smallest absolute Gasteiger partial charge is 0.223 e. The van der Waals surface area contributed by atoms with E-state index in [2.05, 4.69) is 129 Å². The predicted octanol–water partition coefficient (Wildman–Crippen LogP) is 7.44. The van der Waals surface area contributed by atoms with Crippen LogP contribution in [0.3, 0.4) is 0 Å². The van der Waals surface area contributed by atoms with E-state index in [1.807, 2.05) is 12.3 Å². The molecule has 8 rings (SSSR count). The van der Waals surface area contributed by atoms with Gasteiger partial charge in [0.2, 0.25) is 5.78 Å². The summed E-state index contributed by atoms with van der Waals surface area (Å²) >= 11 is 0. The molecular weight excluding hydrogens is 454 g/mol. The lowest BCUT2D eigenvalue weighted by molar-refractivity contribution is 1.03. The second kappa shape index (κ2) is 7.67. The van der Waals surface area contributed by atoms with Gasteiger partial charge in [0.1, 0.15) is 11.3 Å². The molecule has 4 aromatic carbocycles. The van der Waals surface area contributed by atoms with E-state index in [0.717, 1.165) is 61.5 Å². The van der Waals surface area contributed by atoms with Crippen molar-refractivity contribution >= 4 is 38.9 Å². The van der Waals surface area contributed by atoms with Crippen LogP contribution >= 0.6 is 0 Å². The summed E-state index contributed by atoms with van der Waals surface area (Å²) < 4.78 is 6.74. The van der Waals surface area contributed by atoms with E-state index in [1.165, 1.54) is 0 Å². The van der Waals surface area contributed by atoms with Crippen LogP contribution in [0.2, 0.25) is 0 Å². The van der Waals surface area contributed by atoms with Crippen molar-refractivity contribution < 1.29 is 0 Å². The molecule has 0 spiro atoms. The highest BCUT2D eigenvalue weighted by Gasteiger charge is 2.23. The lowest BCUT2D eigenvalue weighted by Crippen LogP contribution is -1.99. The van der Waals surface area contributed by atoms with E-state index < -0.39 is 0 Å². The number of pyridine rings is 1. The third-order valence-corrected chi connectivity index (χ3v) is 7.11. The third kappa shape index (κ3) is 2.85. The Bertz CT molecular complexity index is 2060. The molecule has 0 bridgehead atoms. The maximum absolute atomic E-state index is 5.25. The number of hydrogen-bond donors (Lipinski definition) is 0. The van der Waals surface area contributed by atoms with Gasteiger partial charge in [0.25, 0.3) is 0 Å². The zero-order valence-electron chi connectivity index (χ0n) is 19.9. The van der Waals surface area contributed by atoms with Gasteiger partial charge in [-0.05, 0) is 48.0 Å². The molecule has 5 heteroatoms. The van der Waals surface area contributed by atoms with Crippen LogP contribution in [0.15, 0.2) is 128 Å². The van der Waals surface area contributed by atoms with E-state index in [1.54, 1.807) is 0 Å². The van der Waals surface area contributed by atoms with Crippen molar-refractivity contribution in [3.05, 3.63) is 128 Å². The zero-order chi connectivity index (χ0) is 24.3. The molecule has 0 aliphatic carbocycles. The third-order valence-electron chi connectivity index (χ3n) is 7.11. The molecule has 0 unspecified atom stereocenters. The predicted molar refractivity (Wildman–Crippen MR) is 150 cm³/mol. The van der Waals surface area contributed by atoms with Crippen molar-refractivity contribution in [3.8, 4) is 22.6 Å². The van der Waals surface area contributed by atoms with Crippen LogP contribution < -0.4 is 0 Å². The Hall–Kier alpha value is -5.16. The van der Waals surface area contributed by atoms with Crippen LogP contribution in [-0.4, -0.2) is 23.5 Å². The first-order chi connectivity index (χ1) is 18.4. The van der Waals surface area contributed by atoms with E-state index in [-0.39, 0.29) is 0 Å². The summed E-state index contributed by atoms with van der Waals surface area (Å²) in [4.78, 5) is 10.1. The minimum absolute atomic E-state index is 0.842. The summed E-state index contributed by atoms with van der Waals surface area (Å²) in [5.74, 6) is 1.69. The quantitative estimate of drug-likeness (QED) is 0.266. The van der Waals surface area contributed by atoms with Gasteiger partial charge < -0.3 is 0 Å². The van der Waals surface area contributed by atoms with Crippen molar-refractivity contribution in [2.75, 3.05) is 0 Å². The molecule has 4 aromatic heterocycles. The van der Waals surface area contributed by atoms with Crippen molar-refractivity contribution in [2.45, 2.75) is 0 Å². The van der Waals surface area contributed by atoms with Crippen molar-refractivity contribution in [1.82, 2.24) is 23.5 Å². The SMILES string of the molecule is c1ccc(-c2ccc(-n3c4ccccc4n4c3nc3c5ccccc5n(-c5ccccc5)c34)nc2)cc1. The standard InChI is InChI=1S/C32H21N5/c1-3-11-22(12-4-1)23-19-20-29(33-21-23)36-27-17-9-10-18-28(27)37-31-30(34-32(36)37)25-15-7-8-16-26(25)35(31)24-13-5-2-6-14-24/h1-21H. The average molecular weight is 476 g/mol. The number of hydrogen-bond acceptors (Lipinski definition) is 2. The van der Waals surface area contributed by atoms with Crippen LogP contribution in [0.1, 0.15) is 0 Å². The Balaban J connectivity index is 1.47. The molecule has 8 aromatic rings. The van der Waals surface area contributed by atoms with E-state index in [9.17, 15) is 0 Å². The Morgan fingerprint density at radius 3 is 1.95 bits per heavy atom. The second-order valence-corrected chi connectivity index (χ2v) is 9.20. The molecule has 0 saturated carbocycles. The lowest BCUT2D eigenvalue weighted by atomic mass is 10.1. The van der Waals surface area contributed by atoms with Gasteiger partial charge in [-0.3, -0.25) is 13.5 Å². The molecule has 0 radical (unpaired) electrons. The van der Waals surface area contributed by atoms with Gasteiger partial charge in [-0.1, -0.05) is 78.9 Å². The fourth-order valence-electron chi connectivity index (χ4n) is 5.48. The van der Waals surface area contributed by atoms with Gasteiger partial charge in [0.15, 0.2) is 5.65 Å². The van der Waals surface area contributed by atoms with Gasteiger partial charge >= 0.3 is 0 Å². The van der Waals surface area contributed by atoms with Crippen LogP contribution in [0.4, 0.5) is 0 Å². The molecular formula is C32H21N5. The first-order valence-electron chi connectivity index (χ1n) is 12.4. The summed E-state index contributed by atoms with van der Waals surface area (Å²) in [6.07, 6.45) is 1.94. The summed E-state index contributed by atoms with van der Waals surface area (Å²) in [7, 11) is 0. The van der Waals surface area contributed by atoms with E-state index in [0.29, 0.717) is 0 Å². The molecule has 0 atom stereocenters. The number of aromatic nitrogens is 5. The second-order valence-electron chi connectivity index (χ2n) is 9.20. The topological polar surface area (TPSA) is 40.0 Å². The van der Waals surface area contributed by atoms with Gasteiger partial charge in [-0.25, -0.2) is 9.97 Å². The molecule has 37 heavy (non-hydrogen) atoms. The fraction of sp³-hybridized carbons (Fsp3) is 0. The number of rotatable bonds is 3. The number of para-hydroxylation sites is 4. The Labute approximate surface area is 212 Å². The van der Waals surface area contributed by atoms with Crippen LogP contribution in [0.5, 0.6) is 0 Å². The minimum atomic E-state index is 0.842. The van der Waals surface area contributed by atoms with Gasteiger partial charge in [-0.15, -0.1) is 0 Å². The number of nitrogens with zero attached hydrogens (tertiary/aromatic N) is 5. The Morgan fingerprint density at radius 2 is 1.19 bits per heavy atom. The van der Waals surface area contributed by atoms with Crippen LogP contribution in [-0.2, 0) is 0 Å². The first kappa shape index (κ1) is 20.1. The highest BCUT2D eigenvalue weighted by Crippen LogP contribution is 2.36. The summed E-state index contributed by atoms with van der Waals surface area (Å²) in [6, 6.07) is 42.0. The molecule has 0 amide bonds. The zero-order valence-corrected chi connectivity index (χ0v) is 19.9. The highest BCUT2D eigenvalue weighted by molar-refractivity contribution is 6.09. The van der Waals surface area contributed by atoms with Crippen molar-refractivity contribution in [3.63, 3.8) is 0 Å². The molecule has 174 valence electrons. The number of fused-ring (bicyclic) bond motifs is 7. The lowest BCUT2D eigenvalue weighted by Gasteiger charge is -2.07. The molecule has 0 aliphatic heterocycles. The minimum Gasteiger partial charge on any atom is -0.294 e. The van der Waals surface area contributed by atoms with Gasteiger partial charge in [0, 0.05) is 22.8 Å². The van der Waals surface area contributed by atoms with Crippen molar-refractivity contribution in [1.29, 1.82) is 0 Å². The Morgan fingerprint density at radius 1 is 0.514 bits per heavy atom. The molecule has 0 fully saturated rings. The van der Waals surface area contributed by atoms with E-state index in [4.69, 9.17) is 9.97 Å². The van der Waals surface area contributed by atoms with Crippen molar-refractivity contribution in [2.24, 2.45) is 0 Å². The summed E-state index contributed by atoms with van der Waals surface area (Å²) in [5.41, 5.74) is 8.69. The molecule has 4 heterocycles. The van der Waals surface area contributed by atoms with Gasteiger partial charge in [0.05, 0.1) is 16.6 Å².